The van der Waals surface area contributed by atoms with Gasteiger partial charge in [0, 0.05) is 52.1 Å². The number of nitrogens with one attached hydrogen (secondary N) is 1. The molecule has 0 spiro atoms. The SMILES string of the molecule is CCNCCN(CCOC)Cc1ccc(N2CCOCC2)cc1. The number of likely N-dealkylation sites (N-methyl/N-ethyl adjacent to an activating group) is 1. The van der Waals surface area contributed by atoms with Crippen molar-refractivity contribution in [2.75, 3.05) is 71.1 Å². The molecule has 0 aromatic heterocycles. The van der Waals surface area contributed by atoms with E-state index in [0.29, 0.717) is 0 Å². The Kier molecular flexibility index (Phi) is 8.39. The van der Waals surface area contributed by atoms with Crippen LogP contribution in [0, 0.1) is 0 Å². The number of morpholine rings is 1. The van der Waals surface area contributed by atoms with Crippen LogP contribution in [0.1, 0.15) is 12.5 Å². The second kappa shape index (κ2) is 10.6. The number of rotatable bonds is 10. The quantitative estimate of drug-likeness (QED) is 0.662. The second-order valence-corrected chi connectivity index (χ2v) is 5.89. The van der Waals surface area contributed by atoms with Gasteiger partial charge in [-0.2, -0.15) is 0 Å². The number of benzene rings is 1. The molecule has 5 nitrogen and oxygen atoms in total. The number of methoxy groups -OCH3 is 1. The number of anilines is 1. The molecule has 0 radical (unpaired) electrons. The summed E-state index contributed by atoms with van der Waals surface area (Å²) in [6.07, 6.45) is 0. The zero-order chi connectivity index (χ0) is 16.3. The molecule has 1 aliphatic rings. The second-order valence-electron chi connectivity index (χ2n) is 5.89. The summed E-state index contributed by atoms with van der Waals surface area (Å²) in [5.74, 6) is 0. The smallest absolute Gasteiger partial charge is 0.0642 e. The van der Waals surface area contributed by atoms with Gasteiger partial charge in [0.2, 0.25) is 0 Å². The van der Waals surface area contributed by atoms with Gasteiger partial charge in [0.1, 0.15) is 0 Å². The van der Waals surface area contributed by atoms with Crippen LogP contribution in [0.5, 0.6) is 0 Å². The first kappa shape index (κ1) is 18.2. The molecule has 1 heterocycles. The van der Waals surface area contributed by atoms with Crippen molar-refractivity contribution in [1.82, 2.24) is 10.2 Å². The van der Waals surface area contributed by atoms with Crippen LogP contribution >= 0.6 is 0 Å². The number of nitrogens with zero attached hydrogens (tertiary/aromatic N) is 2. The lowest BCUT2D eigenvalue weighted by molar-refractivity contribution is 0.122. The van der Waals surface area contributed by atoms with Crippen molar-refractivity contribution in [3.05, 3.63) is 29.8 Å². The number of hydrogen-bond donors (Lipinski definition) is 1. The predicted molar refractivity (Wildman–Crippen MR) is 95.2 cm³/mol. The van der Waals surface area contributed by atoms with Gasteiger partial charge in [-0.3, -0.25) is 4.90 Å². The number of ether oxygens (including phenoxy) is 2. The van der Waals surface area contributed by atoms with Crippen LogP contribution in [0.15, 0.2) is 24.3 Å². The van der Waals surface area contributed by atoms with Gasteiger partial charge in [-0.25, -0.2) is 0 Å². The molecule has 0 bridgehead atoms. The van der Waals surface area contributed by atoms with Crippen LogP contribution in [-0.4, -0.2) is 71.1 Å². The lowest BCUT2D eigenvalue weighted by Crippen LogP contribution is -2.36. The van der Waals surface area contributed by atoms with Crippen LogP contribution in [0.2, 0.25) is 0 Å². The van der Waals surface area contributed by atoms with Crippen molar-refractivity contribution in [2.24, 2.45) is 0 Å². The molecular formula is C18H31N3O2. The van der Waals surface area contributed by atoms with Gasteiger partial charge < -0.3 is 19.7 Å². The van der Waals surface area contributed by atoms with E-state index in [4.69, 9.17) is 9.47 Å². The Balaban J connectivity index is 1.87. The summed E-state index contributed by atoms with van der Waals surface area (Å²) < 4.78 is 10.6. The first-order valence-electron chi connectivity index (χ1n) is 8.67. The van der Waals surface area contributed by atoms with Gasteiger partial charge in [0.15, 0.2) is 0 Å². The fourth-order valence-corrected chi connectivity index (χ4v) is 2.80. The maximum Gasteiger partial charge on any atom is 0.0642 e. The minimum atomic E-state index is 0.776. The third-order valence-electron chi connectivity index (χ3n) is 4.19. The highest BCUT2D eigenvalue weighted by Crippen LogP contribution is 2.17. The van der Waals surface area contributed by atoms with E-state index in [0.717, 1.165) is 65.6 Å². The third kappa shape index (κ3) is 6.47. The van der Waals surface area contributed by atoms with Gasteiger partial charge in [-0.05, 0) is 24.2 Å². The molecule has 1 aromatic rings. The van der Waals surface area contributed by atoms with Crippen molar-refractivity contribution in [2.45, 2.75) is 13.5 Å². The molecule has 23 heavy (non-hydrogen) atoms. The summed E-state index contributed by atoms with van der Waals surface area (Å²) in [6, 6.07) is 8.97. The van der Waals surface area contributed by atoms with E-state index in [2.05, 4.69) is 46.3 Å². The number of hydrogen-bond acceptors (Lipinski definition) is 5. The lowest BCUT2D eigenvalue weighted by Gasteiger charge is -2.29. The fraction of sp³-hybridized carbons (Fsp3) is 0.667. The van der Waals surface area contributed by atoms with Crippen molar-refractivity contribution in [3.63, 3.8) is 0 Å². The molecule has 0 amide bonds. The maximum atomic E-state index is 5.42. The maximum absolute atomic E-state index is 5.42. The highest BCUT2D eigenvalue weighted by atomic mass is 16.5. The monoisotopic (exact) mass is 321 g/mol. The van der Waals surface area contributed by atoms with Gasteiger partial charge in [-0.15, -0.1) is 0 Å². The normalized spacial score (nSPS) is 15.3. The average molecular weight is 321 g/mol. The molecule has 1 saturated heterocycles. The summed E-state index contributed by atoms with van der Waals surface area (Å²) in [7, 11) is 1.76. The fourth-order valence-electron chi connectivity index (χ4n) is 2.80. The van der Waals surface area contributed by atoms with E-state index in [1.54, 1.807) is 7.11 Å². The highest BCUT2D eigenvalue weighted by molar-refractivity contribution is 5.47. The summed E-state index contributed by atoms with van der Waals surface area (Å²) in [5, 5.41) is 3.39. The average Bonchev–Trinajstić information content (AvgIpc) is 2.61. The molecule has 0 aliphatic carbocycles. The Morgan fingerprint density at radius 3 is 2.57 bits per heavy atom. The summed E-state index contributed by atoms with van der Waals surface area (Å²) in [6.45, 7) is 11.6. The van der Waals surface area contributed by atoms with E-state index in [1.165, 1.54) is 11.3 Å². The molecule has 130 valence electrons. The lowest BCUT2D eigenvalue weighted by atomic mass is 10.1. The Hall–Kier alpha value is -1.14. The topological polar surface area (TPSA) is 37.0 Å². The van der Waals surface area contributed by atoms with E-state index in [1.807, 2.05) is 0 Å². The summed E-state index contributed by atoms with van der Waals surface area (Å²) in [4.78, 5) is 4.83. The minimum absolute atomic E-state index is 0.776. The van der Waals surface area contributed by atoms with Crippen LogP contribution in [0.3, 0.4) is 0 Å². The molecule has 0 unspecified atom stereocenters. The first-order chi connectivity index (χ1) is 11.3. The van der Waals surface area contributed by atoms with Gasteiger partial charge in [-0.1, -0.05) is 19.1 Å². The highest BCUT2D eigenvalue weighted by Gasteiger charge is 2.11. The van der Waals surface area contributed by atoms with E-state index >= 15 is 0 Å². The zero-order valence-corrected chi connectivity index (χ0v) is 14.6. The molecule has 1 aliphatic heterocycles. The first-order valence-corrected chi connectivity index (χ1v) is 8.67. The third-order valence-corrected chi connectivity index (χ3v) is 4.19. The molecule has 0 saturated carbocycles. The van der Waals surface area contributed by atoms with E-state index in [9.17, 15) is 0 Å². The Morgan fingerprint density at radius 1 is 1.17 bits per heavy atom. The molecular weight excluding hydrogens is 290 g/mol. The van der Waals surface area contributed by atoms with Gasteiger partial charge in [0.25, 0.3) is 0 Å². The Bertz CT molecular complexity index is 419. The standard InChI is InChI=1S/C18H31N3O2/c1-3-19-8-9-20(10-13-22-2)16-17-4-6-18(7-5-17)21-11-14-23-15-12-21/h4-7,19H,3,8-16H2,1-2H3. The Labute approximate surface area is 140 Å². The molecule has 1 N–H and O–H groups in total. The van der Waals surface area contributed by atoms with Crippen molar-refractivity contribution >= 4 is 5.69 Å². The zero-order valence-electron chi connectivity index (χ0n) is 14.6. The van der Waals surface area contributed by atoms with Crippen LogP contribution in [0.25, 0.3) is 0 Å². The van der Waals surface area contributed by atoms with Crippen molar-refractivity contribution in [1.29, 1.82) is 0 Å². The van der Waals surface area contributed by atoms with E-state index in [-0.39, 0.29) is 0 Å². The largest absolute Gasteiger partial charge is 0.383 e. The molecule has 5 heteroatoms. The molecule has 1 aromatic carbocycles. The van der Waals surface area contributed by atoms with Gasteiger partial charge >= 0.3 is 0 Å². The van der Waals surface area contributed by atoms with Crippen molar-refractivity contribution in [3.8, 4) is 0 Å². The summed E-state index contributed by atoms with van der Waals surface area (Å²) >= 11 is 0. The minimum Gasteiger partial charge on any atom is -0.383 e. The predicted octanol–water partition coefficient (Wildman–Crippen LogP) is 1.58. The molecule has 1 fully saturated rings. The van der Waals surface area contributed by atoms with Crippen LogP contribution in [0.4, 0.5) is 5.69 Å². The Morgan fingerprint density at radius 2 is 1.91 bits per heavy atom. The van der Waals surface area contributed by atoms with E-state index < -0.39 is 0 Å². The molecule has 0 atom stereocenters. The van der Waals surface area contributed by atoms with Crippen LogP contribution in [-0.2, 0) is 16.0 Å². The van der Waals surface area contributed by atoms with Crippen LogP contribution < -0.4 is 10.2 Å². The molecule has 2 rings (SSSR count). The van der Waals surface area contributed by atoms with Crippen molar-refractivity contribution < 1.29 is 9.47 Å². The van der Waals surface area contributed by atoms with Gasteiger partial charge in [0.05, 0.1) is 19.8 Å². The summed E-state index contributed by atoms with van der Waals surface area (Å²) in [5.41, 5.74) is 2.66.